The van der Waals surface area contributed by atoms with Crippen molar-refractivity contribution in [2.24, 2.45) is 4.99 Å². The molecule has 130 valence electrons. The largest absolute Gasteiger partial charge is 0.508 e. The maximum absolute atomic E-state index is 10.3. The maximum atomic E-state index is 10.3. The van der Waals surface area contributed by atoms with Crippen LogP contribution < -0.4 is 10.6 Å². The van der Waals surface area contributed by atoms with Gasteiger partial charge >= 0.3 is 0 Å². The van der Waals surface area contributed by atoms with Crippen molar-refractivity contribution in [3.05, 3.63) is 59.7 Å². The van der Waals surface area contributed by atoms with E-state index in [4.69, 9.17) is 4.99 Å². The number of rotatable bonds is 2. The van der Waals surface area contributed by atoms with Gasteiger partial charge < -0.3 is 15.5 Å². The van der Waals surface area contributed by atoms with Gasteiger partial charge in [-0.25, -0.2) is 0 Å². The summed E-state index contributed by atoms with van der Waals surface area (Å²) in [6, 6.07) is 14.8. The highest BCUT2D eigenvalue weighted by molar-refractivity contribution is 6.03. The van der Waals surface area contributed by atoms with E-state index < -0.39 is 0 Å². The second-order valence-corrected chi connectivity index (χ2v) is 6.82. The van der Waals surface area contributed by atoms with Gasteiger partial charge in [-0.15, -0.1) is 0 Å². The lowest BCUT2D eigenvalue weighted by Crippen LogP contribution is -2.55. The van der Waals surface area contributed by atoms with Gasteiger partial charge in [0.1, 0.15) is 17.2 Å². The molecule has 2 aliphatic heterocycles. The van der Waals surface area contributed by atoms with Crippen molar-refractivity contribution in [1.29, 1.82) is 0 Å². The molecule has 0 bridgehead atoms. The van der Waals surface area contributed by atoms with Gasteiger partial charge in [0.05, 0.1) is 0 Å². The van der Waals surface area contributed by atoms with Crippen LogP contribution >= 0.6 is 0 Å². The van der Waals surface area contributed by atoms with Gasteiger partial charge in [-0.1, -0.05) is 30.3 Å². The molecule has 25 heavy (non-hydrogen) atoms. The van der Waals surface area contributed by atoms with E-state index >= 15 is 0 Å². The molecule has 2 aromatic rings. The molecular weight excluding hydrogens is 314 g/mol. The van der Waals surface area contributed by atoms with Crippen LogP contribution in [0.3, 0.4) is 0 Å². The van der Waals surface area contributed by atoms with Crippen molar-refractivity contribution < 1.29 is 10.2 Å². The topological polar surface area (TPSA) is 76.9 Å². The zero-order valence-electron chi connectivity index (χ0n) is 14.1. The molecule has 0 aromatic heterocycles. The number of nitrogens with one attached hydrogen (secondary N) is 2. The Hall–Kier alpha value is -2.37. The average molecular weight is 337 g/mol. The van der Waals surface area contributed by atoms with E-state index in [1.807, 2.05) is 36.4 Å². The van der Waals surface area contributed by atoms with Crippen LogP contribution in [0, 0.1) is 0 Å². The number of benzene rings is 2. The van der Waals surface area contributed by atoms with Crippen molar-refractivity contribution in [3.63, 3.8) is 0 Å². The highest BCUT2D eigenvalue weighted by Gasteiger charge is 2.39. The van der Waals surface area contributed by atoms with Crippen LogP contribution in [0.15, 0.2) is 53.5 Å². The molecular formula is C20H23N3O2. The molecule has 2 aromatic carbocycles. The predicted molar refractivity (Wildman–Crippen MR) is 98.1 cm³/mol. The molecule has 4 N–H and O–H groups in total. The minimum Gasteiger partial charge on any atom is -0.508 e. The highest BCUT2D eigenvalue weighted by Crippen LogP contribution is 2.37. The molecule has 1 saturated heterocycles. The first-order valence-electron chi connectivity index (χ1n) is 8.80. The highest BCUT2D eigenvalue weighted by atomic mass is 16.3. The minimum atomic E-state index is -0.353. The number of aliphatic imine (C=N–C) groups is 1. The Labute approximate surface area is 147 Å². The van der Waals surface area contributed by atoms with E-state index in [0.29, 0.717) is 12.2 Å². The second kappa shape index (κ2) is 6.50. The Balaban J connectivity index is 1.77. The second-order valence-electron chi connectivity index (χ2n) is 6.82. The standard InChI is InChI=1S/C20H23N3O2/c24-18-7-3-1-5-14(18)16-13-17(15-6-2-4-8-19(15)25)23-20(22-16)9-11-21-12-10-20/h1-8,16,21-22,24-25H,9-13H2. The van der Waals surface area contributed by atoms with Gasteiger partial charge in [0, 0.05) is 29.3 Å². The summed E-state index contributed by atoms with van der Waals surface area (Å²) < 4.78 is 0. The van der Waals surface area contributed by atoms with Crippen LogP contribution in [-0.4, -0.2) is 34.7 Å². The number of nitrogens with zero attached hydrogens (tertiary/aromatic N) is 1. The predicted octanol–water partition coefficient (Wildman–Crippen LogP) is 2.70. The van der Waals surface area contributed by atoms with Gasteiger partial charge in [-0.05, 0) is 44.1 Å². The van der Waals surface area contributed by atoms with E-state index in [1.165, 1.54) is 0 Å². The summed E-state index contributed by atoms with van der Waals surface area (Å²) in [6.07, 6.45) is 2.40. The Morgan fingerprint density at radius 1 is 0.920 bits per heavy atom. The lowest BCUT2D eigenvalue weighted by Gasteiger charge is -2.42. The molecule has 5 nitrogen and oxygen atoms in total. The Kier molecular flexibility index (Phi) is 4.19. The van der Waals surface area contributed by atoms with Crippen LogP contribution in [0.4, 0.5) is 0 Å². The fourth-order valence-corrected chi connectivity index (χ4v) is 3.86. The van der Waals surface area contributed by atoms with E-state index in [9.17, 15) is 10.2 Å². The lowest BCUT2D eigenvalue weighted by atomic mass is 9.88. The van der Waals surface area contributed by atoms with Crippen LogP contribution in [0.2, 0.25) is 0 Å². The molecule has 0 saturated carbocycles. The van der Waals surface area contributed by atoms with Crippen LogP contribution in [0.1, 0.15) is 36.4 Å². The number of para-hydroxylation sites is 2. The number of phenolic OH excluding ortho intramolecular Hbond substituents is 2. The summed E-state index contributed by atoms with van der Waals surface area (Å²) in [6.45, 7) is 1.80. The van der Waals surface area contributed by atoms with Gasteiger partial charge in [0.25, 0.3) is 0 Å². The van der Waals surface area contributed by atoms with Crippen molar-refractivity contribution >= 4 is 5.71 Å². The number of hydrogen-bond acceptors (Lipinski definition) is 5. The van der Waals surface area contributed by atoms with Gasteiger partial charge in [-0.2, -0.15) is 0 Å². The van der Waals surface area contributed by atoms with E-state index in [2.05, 4.69) is 10.6 Å². The zero-order valence-corrected chi connectivity index (χ0v) is 14.1. The molecule has 1 spiro atoms. The Morgan fingerprint density at radius 3 is 2.32 bits per heavy atom. The lowest BCUT2D eigenvalue weighted by molar-refractivity contribution is 0.216. The molecule has 1 unspecified atom stereocenters. The molecule has 5 heteroatoms. The first kappa shape index (κ1) is 16.1. The fourth-order valence-electron chi connectivity index (χ4n) is 3.86. The maximum Gasteiger partial charge on any atom is 0.124 e. The minimum absolute atomic E-state index is 0.0357. The third-order valence-electron chi connectivity index (χ3n) is 5.15. The van der Waals surface area contributed by atoms with Crippen LogP contribution in [-0.2, 0) is 0 Å². The van der Waals surface area contributed by atoms with Crippen molar-refractivity contribution in [1.82, 2.24) is 10.6 Å². The summed E-state index contributed by atoms with van der Waals surface area (Å²) in [7, 11) is 0. The number of hydrogen-bond donors (Lipinski definition) is 4. The molecule has 2 aliphatic rings. The zero-order chi connectivity index (χ0) is 17.3. The Morgan fingerprint density at radius 2 is 1.60 bits per heavy atom. The van der Waals surface area contributed by atoms with Gasteiger partial charge in [0.15, 0.2) is 0 Å². The summed E-state index contributed by atoms with van der Waals surface area (Å²) in [5.74, 6) is 0.547. The normalized spacial score (nSPS) is 22.6. The van der Waals surface area contributed by atoms with Gasteiger partial charge in [0.2, 0.25) is 0 Å². The summed E-state index contributed by atoms with van der Waals surface area (Å²) in [5.41, 5.74) is 2.20. The molecule has 0 amide bonds. The van der Waals surface area contributed by atoms with E-state index in [-0.39, 0.29) is 17.5 Å². The van der Waals surface area contributed by atoms with Crippen LogP contribution in [0.5, 0.6) is 11.5 Å². The molecule has 4 rings (SSSR count). The number of phenols is 2. The van der Waals surface area contributed by atoms with Crippen molar-refractivity contribution in [3.8, 4) is 11.5 Å². The van der Waals surface area contributed by atoms with Gasteiger partial charge in [-0.3, -0.25) is 10.3 Å². The Bertz CT molecular complexity index is 797. The molecule has 1 atom stereocenters. The third kappa shape index (κ3) is 3.13. The summed E-state index contributed by atoms with van der Waals surface area (Å²) in [4.78, 5) is 5.03. The van der Waals surface area contributed by atoms with Crippen molar-refractivity contribution in [2.75, 3.05) is 13.1 Å². The quantitative estimate of drug-likeness (QED) is 0.680. The molecule has 0 aliphatic carbocycles. The van der Waals surface area contributed by atoms with Crippen LogP contribution in [0.25, 0.3) is 0 Å². The molecule has 0 radical (unpaired) electrons. The monoisotopic (exact) mass is 337 g/mol. The molecule has 1 fully saturated rings. The molecule has 2 heterocycles. The first-order chi connectivity index (χ1) is 12.2. The SMILES string of the molecule is Oc1ccccc1C1=NC2(CCNCC2)NC(c2ccccc2O)C1. The average Bonchev–Trinajstić information content (AvgIpc) is 2.63. The van der Waals surface area contributed by atoms with E-state index in [1.54, 1.807) is 12.1 Å². The number of piperidine rings is 1. The first-order valence-corrected chi connectivity index (χ1v) is 8.80. The fraction of sp³-hybridized carbons (Fsp3) is 0.350. The summed E-state index contributed by atoms with van der Waals surface area (Å²) in [5, 5.41) is 27.7. The summed E-state index contributed by atoms with van der Waals surface area (Å²) >= 11 is 0. The number of aromatic hydroxyl groups is 2. The smallest absolute Gasteiger partial charge is 0.124 e. The van der Waals surface area contributed by atoms with E-state index in [0.717, 1.165) is 42.8 Å². The van der Waals surface area contributed by atoms with Crippen molar-refractivity contribution in [2.45, 2.75) is 31.0 Å². The third-order valence-corrected chi connectivity index (χ3v) is 5.15.